The Bertz CT molecular complexity index is 312. The lowest BCUT2D eigenvalue weighted by Gasteiger charge is -2.66. The first-order chi connectivity index (χ1) is 9.55. The van der Waals surface area contributed by atoms with Crippen molar-refractivity contribution in [2.24, 2.45) is 22.7 Å². The molecule has 3 fully saturated rings. The molecule has 1 N–H and O–H groups in total. The fourth-order valence-corrected chi connectivity index (χ4v) is 5.63. The Hall–Kier alpha value is -0.0800. The molecule has 2 heteroatoms. The molecule has 2 saturated carbocycles. The van der Waals surface area contributed by atoms with E-state index in [9.17, 15) is 0 Å². The molecule has 0 aromatic carbocycles. The number of hydrogen-bond acceptors (Lipinski definition) is 2. The van der Waals surface area contributed by atoms with Gasteiger partial charge >= 0.3 is 0 Å². The molecular weight excluding hydrogens is 244 g/mol. The summed E-state index contributed by atoms with van der Waals surface area (Å²) in [6.45, 7) is 9.98. The molecule has 3 aliphatic rings. The monoisotopic (exact) mass is 278 g/mol. The average molecular weight is 278 g/mol. The summed E-state index contributed by atoms with van der Waals surface area (Å²) in [6, 6.07) is 0. The molecule has 1 saturated heterocycles. The SMILES string of the molecule is CNCCC1CC2(C1)CC1(CCN(CC(C)C)CC1)C2. The van der Waals surface area contributed by atoms with Crippen LogP contribution in [0.5, 0.6) is 0 Å². The quantitative estimate of drug-likeness (QED) is 0.827. The Balaban J connectivity index is 1.39. The van der Waals surface area contributed by atoms with Crippen LogP contribution in [0.1, 0.15) is 58.8 Å². The van der Waals surface area contributed by atoms with Crippen LogP contribution in [0, 0.1) is 22.7 Å². The van der Waals surface area contributed by atoms with Gasteiger partial charge < -0.3 is 10.2 Å². The fourth-order valence-electron chi connectivity index (χ4n) is 5.63. The molecular formula is C18H34N2. The Morgan fingerprint density at radius 2 is 1.75 bits per heavy atom. The van der Waals surface area contributed by atoms with Crippen molar-refractivity contribution >= 4 is 0 Å². The first-order valence-electron chi connectivity index (χ1n) is 8.92. The summed E-state index contributed by atoms with van der Waals surface area (Å²) in [6.07, 6.45) is 10.6. The van der Waals surface area contributed by atoms with E-state index in [1.54, 1.807) is 25.7 Å². The number of hydrogen-bond donors (Lipinski definition) is 1. The van der Waals surface area contributed by atoms with Crippen molar-refractivity contribution in [3.63, 3.8) is 0 Å². The number of piperidine rings is 1. The zero-order chi connectivity index (χ0) is 14.2. The minimum Gasteiger partial charge on any atom is -0.320 e. The van der Waals surface area contributed by atoms with Gasteiger partial charge in [0.25, 0.3) is 0 Å². The molecule has 0 aromatic rings. The Labute approximate surface area is 125 Å². The summed E-state index contributed by atoms with van der Waals surface area (Å²) < 4.78 is 0. The highest BCUT2D eigenvalue weighted by Gasteiger charge is 2.59. The first kappa shape index (κ1) is 14.8. The highest BCUT2D eigenvalue weighted by molar-refractivity contribution is 5.10. The number of nitrogens with one attached hydrogen (secondary N) is 1. The smallest absolute Gasteiger partial charge is 0.000439 e. The van der Waals surface area contributed by atoms with Gasteiger partial charge in [-0.25, -0.2) is 0 Å². The van der Waals surface area contributed by atoms with Crippen molar-refractivity contribution in [3.8, 4) is 0 Å². The molecule has 2 aliphatic carbocycles. The van der Waals surface area contributed by atoms with Gasteiger partial charge in [0, 0.05) is 6.54 Å². The minimum absolute atomic E-state index is 0.779. The third-order valence-electron chi connectivity index (χ3n) is 6.29. The van der Waals surface area contributed by atoms with Crippen LogP contribution in [0.4, 0.5) is 0 Å². The summed E-state index contributed by atoms with van der Waals surface area (Å²) in [4.78, 5) is 2.71. The highest BCUT2D eigenvalue weighted by atomic mass is 15.1. The standard InChI is InChI=1S/C18H34N2/c1-15(2)12-20-8-5-17(6-9-20)13-18(14-17)10-16(11-18)4-7-19-3/h15-16,19H,4-14H2,1-3H3. The molecule has 20 heavy (non-hydrogen) atoms. The Morgan fingerprint density at radius 1 is 1.10 bits per heavy atom. The molecule has 1 aliphatic heterocycles. The number of nitrogens with zero attached hydrogens (tertiary/aromatic N) is 1. The predicted octanol–water partition coefficient (Wildman–Crippen LogP) is 3.52. The van der Waals surface area contributed by atoms with Gasteiger partial charge in [-0.1, -0.05) is 13.8 Å². The van der Waals surface area contributed by atoms with Gasteiger partial charge in [-0.2, -0.15) is 0 Å². The molecule has 0 unspecified atom stereocenters. The molecule has 3 rings (SSSR count). The van der Waals surface area contributed by atoms with E-state index >= 15 is 0 Å². The lowest BCUT2D eigenvalue weighted by Crippen LogP contribution is -2.57. The molecule has 0 bridgehead atoms. The zero-order valence-corrected chi connectivity index (χ0v) is 13.9. The molecule has 2 nitrogen and oxygen atoms in total. The summed E-state index contributed by atoms with van der Waals surface area (Å²) >= 11 is 0. The maximum Gasteiger partial charge on any atom is 0.000439 e. The summed E-state index contributed by atoms with van der Waals surface area (Å²) in [5.74, 6) is 1.87. The van der Waals surface area contributed by atoms with Gasteiger partial charge in [-0.15, -0.1) is 0 Å². The molecule has 116 valence electrons. The average Bonchev–Trinajstić information content (AvgIpc) is 2.32. The normalized spacial score (nSPS) is 28.8. The lowest BCUT2D eigenvalue weighted by atomic mass is 9.40. The van der Waals surface area contributed by atoms with E-state index in [4.69, 9.17) is 0 Å². The van der Waals surface area contributed by atoms with Crippen LogP contribution < -0.4 is 5.32 Å². The summed E-state index contributed by atoms with van der Waals surface area (Å²) in [5, 5.41) is 3.30. The second-order valence-corrected chi connectivity index (χ2v) is 8.71. The van der Waals surface area contributed by atoms with E-state index < -0.39 is 0 Å². The van der Waals surface area contributed by atoms with Crippen molar-refractivity contribution in [1.82, 2.24) is 10.2 Å². The van der Waals surface area contributed by atoms with E-state index in [1.807, 2.05) is 0 Å². The third-order valence-corrected chi connectivity index (χ3v) is 6.29. The predicted molar refractivity (Wildman–Crippen MR) is 85.9 cm³/mol. The summed E-state index contributed by atoms with van der Waals surface area (Å²) in [7, 11) is 2.08. The summed E-state index contributed by atoms with van der Waals surface area (Å²) in [5.41, 5.74) is 1.60. The van der Waals surface area contributed by atoms with Gasteiger partial charge in [-0.3, -0.25) is 0 Å². The van der Waals surface area contributed by atoms with Gasteiger partial charge in [0.1, 0.15) is 0 Å². The largest absolute Gasteiger partial charge is 0.320 e. The number of likely N-dealkylation sites (tertiary alicyclic amines) is 1. The van der Waals surface area contributed by atoms with Crippen LogP contribution in [0.3, 0.4) is 0 Å². The Kier molecular flexibility index (Phi) is 4.16. The van der Waals surface area contributed by atoms with Gasteiger partial charge in [0.15, 0.2) is 0 Å². The molecule has 0 atom stereocenters. The topological polar surface area (TPSA) is 15.3 Å². The highest BCUT2D eigenvalue weighted by Crippen LogP contribution is 2.69. The van der Waals surface area contributed by atoms with Crippen molar-refractivity contribution in [2.45, 2.75) is 58.8 Å². The van der Waals surface area contributed by atoms with Crippen LogP contribution in [0.2, 0.25) is 0 Å². The van der Waals surface area contributed by atoms with E-state index in [0.29, 0.717) is 0 Å². The maximum absolute atomic E-state index is 3.30. The van der Waals surface area contributed by atoms with E-state index in [2.05, 4.69) is 31.1 Å². The van der Waals surface area contributed by atoms with Crippen molar-refractivity contribution < 1.29 is 0 Å². The van der Waals surface area contributed by atoms with E-state index in [0.717, 1.165) is 22.7 Å². The molecule has 0 aromatic heterocycles. The molecule has 2 spiro atoms. The fraction of sp³-hybridized carbons (Fsp3) is 1.00. The van der Waals surface area contributed by atoms with E-state index in [1.165, 1.54) is 45.4 Å². The number of rotatable bonds is 5. The lowest BCUT2D eigenvalue weighted by molar-refractivity contribution is -0.150. The molecule has 1 heterocycles. The van der Waals surface area contributed by atoms with Crippen LogP contribution in [-0.4, -0.2) is 38.1 Å². The van der Waals surface area contributed by atoms with Gasteiger partial charge in [0.2, 0.25) is 0 Å². The Morgan fingerprint density at radius 3 is 2.30 bits per heavy atom. The zero-order valence-electron chi connectivity index (χ0n) is 13.9. The second-order valence-electron chi connectivity index (χ2n) is 8.71. The van der Waals surface area contributed by atoms with E-state index in [-0.39, 0.29) is 0 Å². The van der Waals surface area contributed by atoms with Crippen molar-refractivity contribution in [1.29, 1.82) is 0 Å². The van der Waals surface area contributed by atoms with Crippen LogP contribution in [-0.2, 0) is 0 Å². The van der Waals surface area contributed by atoms with Crippen LogP contribution in [0.25, 0.3) is 0 Å². The van der Waals surface area contributed by atoms with Gasteiger partial charge in [-0.05, 0) is 94.3 Å². The molecule has 0 radical (unpaired) electrons. The van der Waals surface area contributed by atoms with Crippen LogP contribution in [0.15, 0.2) is 0 Å². The van der Waals surface area contributed by atoms with Crippen molar-refractivity contribution in [3.05, 3.63) is 0 Å². The maximum atomic E-state index is 3.30. The van der Waals surface area contributed by atoms with Crippen molar-refractivity contribution in [2.75, 3.05) is 33.2 Å². The first-order valence-corrected chi connectivity index (χ1v) is 8.92. The van der Waals surface area contributed by atoms with Gasteiger partial charge in [0.05, 0.1) is 0 Å². The molecule has 0 amide bonds. The second kappa shape index (κ2) is 5.61. The minimum atomic E-state index is 0.779. The van der Waals surface area contributed by atoms with Crippen LogP contribution >= 0.6 is 0 Å². The third kappa shape index (κ3) is 2.92.